The van der Waals surface area contributed by atoms with Crippen LogP contribution in [-0.4, -0.2) is 36.2 Å². The first-order chi connectivity index (χ1) is 9.15. The summed E-state index contributed by atoms with van der Waals surface area (Å²) in [6, 6.07) is -0.489. The number of rotatable bonds is 9. The topological polar surface area (TPSA) is 72.5 Å². The zero-order valence-electron chi connectivity index (χ0n) is 13.9. The van der Waals surface area contributed by atoms with E-state index in [9.17, 15) is 14.4 Å². The van der Waals surface area contributed by atoms with E-state index in [4.69, 9.17) is 4.74 Å². The normalized spacial score (nSPS) is 13.5. The lowest BCUT2D eigenvalue weighted by Crippen LogP contribution is -2.44. The van der Waals surface area contributed by atoms with E-state index in [1.807, 2.05) is 27.7 Å². The van der Waals surface area contributed by atoms with Gasteiger partial charge in [-0.3, -0.25) is 14.4 Å². The number of carbonyl (C=O) groups excluding carboxylic acids is 3. The Kier molecular flexibility index (Phi) is 11.5. The molecule has 2 unspecified atom stereocenters. The second kappa shape index (κ2) is 10.8. The molecule has 1 amide bonds. The summed E-state index contributed by atoms with van der Waals surface area (Å²) in [5, 5.41) is 2.69. The SMILES string of the molecule is CC(=O)C(NC(=O)CC(C)C(=O)COC(C)C)C(C)C.S. The molecular formula is C15H29NO4S. The summed E-state index contributed by atoms with van der Waals surface area (Å²) < 4.78 is 5.23. The van der Waals surface area contributed by atoms with Crippen LogP contribution in [0.5, 0.6) is 0 Å². The highest BCUT2D eigenvalue weighted by Gasteiger charge is 2.23. The molecule has 2 atom stereocenters. The van der Waals surface area contributed by atoms with Gasteiger partial charge in [-0.2, -0.15) is 13.5 Å². The molecule has 0 aliphatic carbocycles. The largest absolute Gasteiger partial charge is 0.371 e. The van der Waals surface area contributed by atoms with Crippen LogP contribution in [0, 0.1) is 11.8 Å². The quantitative estimate of drug-likeness (QED) is 0.704. The molecule has 0 aromatic carbocycles. The summed E-state index contributed by atoms with van der Waals surface area (Å²) in [4.78, 5) is 35.0. The van der Waals surface area contributed by atoms with Gasteiger partial charge in [-0.05, 0) is 26.7 Å². The Morgan fingerprint density at radius 1 is 1.05 bits per heavy atom. The number of ketones is 2. The lowest BCUT2D eigenvalue weighted by atomic mass is 9.98. The zero-order chi connectivity index (χ0) is 15.9. The smallest absolute Gasteiger partial charge is 0.221 e. The molecule has 0 aromatic heterocycles. The third-order valence-corrected chi connectivity index (χ3v) is 3.02. The molecule has 0 bridgehead atoms. The van der Waals surface area contributed by atoms with E-state index in [-0.39, 0.29) is 56.0 Å². The van der Waals surface area contributed by atoms with Gasteiger partial charge in [0.05, 0.1) is 12.1 Å². The fraction of sp³-hybridized carbons (Fsp3) is 0.800. The monoisotopic (exact) mass is 319 g/mol. The molecule has 124 valence electrons. The number of ether oxygens (including phenoxy) is 1. The van der Waals surface area contributed by atoms with E-state index in [0.717, 1.165) is 0 Å². The lowest BCUT2D eigenvalue weighted by molar-refractivity contribution is -0.133. The second-order valence-electron chi connectivity index (χ2n) is 5.83. The van der Waals surface area contributed by atoms with Crippen molar-refractivity contribution in [1.29, 1.82) is 0 Å². The predicted octanol–water partition coefficient (Wildman–Crippen LogP) is 1.85. The Morgan fingerprint density at radius 2 is 1.57 bits per heavy atom. The van der Waals surface area contributed by atoms with Gasteiger partial charge in [0.2, 0.25) is 5.91 Å². The highest BCUT2D eigenvalue weighted by Crippen LogP contribution is 2.08. The fourth-order valence-electron chi connectivity index (χ4n) is 1.75. The van der Waals surface area contributed by atoms with Crippen molar-refractivity contribution < 1.29 is 19.1 Å². The molecule has 0 saturated heterocycles. The van der Waals surface area contributed by atoms with E-state index < -0.39 is 12.0 Å². The summed E-state index contributed by atoms with van der Waals surface area (Å²) in [5.41, 5.74) is 0. The second-order valence-corrected chi connectivity index (χ2v) is 5.83. The van der Waals surface area contributed by atoms with Gasteiger partial charge in [0.1, 0.15) is 6.61 Å². The summed E-state index contributed by atoms with van der Waals surface area (Å²) in [5.74, 6) is -0.821. The molecule has 5 nitrogen and oxygen atoms in total. The van der Waals surface area contributed by atoms with Crippen LogP contribution in [0.1, 0.15) is 48.0 Å². The number of hydrogen-bond acceptors (Lipinski definition) is 4. The predicted molar refractivity (Wildman–Crippen MR) is 87.7 cm³/mol. The molecular weight excluding hydrogens is 290 g/mol. The van der Waals surface area contributed by atoms with Crippen LogP contribution in [-0.2, 0) is 19.1 Å². The van der Waals surface area contributed by atoms with Crippen molar-refractivity contribution in [2.45, 2.75) is 60.1 Å². The van der Waals surface area contributed by atoms with E-state index in [1.54, 1.807) is 6.92 Å². The van der Waals surface area contributed by atoms with E-state index in [2.05, 4.69) is 5.32 Å². The van der Waals surface area contributed by atoms with Crippen molar-refractivity contribution in [2.75, 3.05) is 6.61 Å². The summed E-state index contributed by atoms with van der Waals surface area (Å²) in [7, 11) is 0. The van der Waals surface area contributed by atoms with Crippen LogP contribution >= 0.6 is 13.5 Å². The van der Waals surface area contributed by atoms with Crippen LogP contribution in [0.3, 0.4) is 0 Å². The zero-order valence-corrected chi connectivity index (χ0v) is 14.9. The number of amides is 1. The Morgan fingerprint density at radius 3 is 1.95 bits per heavy atom. The van der Waals surface area contributed by atoms with Gasteiger partial charge in [-0.25, -0.2) is 0 Å². The molecule has 0 heterocycles. The molecule has 0 radical (unpaired) electrons. The van der Waals surface area contributed by atoms with Crippen molar-refractivity contribution in [1.82, 2.24) is 5.32 Å². The van der Waals surface area contributed by atoms with E-state index in [0.29, 0.717) is 0 Å². The number of nitrogens with one attached hydrogen (secondary N) is 1. The first kappa shape index (κ1) is 22.4. The molecule has 0 fully saturated rings. The van der Waals surface area contributed by atoms with Gasteiger partial charge in [0.25, 0.3) is 0 Å². The number of Topliss-reactive ketones (excluding diaryl/α,β-unsaturated/α-hetero) is 2. The standard InChI is InChI=1S/C15H27NO4.H2S/c1-9(2)15(12(6)17)16-14(19)7-11(5)13(18)8-20-10(3)4;/h9-11,15H,7-8H2,1-6H3,(H,16,19);1H2. The van der Waals surface area contributed by atoms with Crippen LogP contribution in [0.25, 0.3) is 0 Å². The molecule has 1 N–H and O–H groups in total. The molecule has 0 aliphatic rings. The minimum atomic E-state index is -0.489. The van der Waals surface area contributed by atoms with E-state index in [1.165, 1.54) is 6.92 Å². The van der Waals surface area contributed by atoms with Gasteiger partial charge < -0.3 is 10.1 Å². The van der Waals surface area contributed by atoms with Crippen molar-refractivity contribution in [3.05, 3.63) is 0 Å². The molecule has 6 heteroatoms. The van der Waals surface area contributed by atoms with Crippen molar-refractivity contribution in [2.24, 2.45) is 11.8 Å². The van der Waals surface area contributed by atoms with Gasteiger partial charge in [-0.1, -0.05) is 20.8 Å². The molecule has 21 heavy (non-hydrogen) atoms. The lowest BCUT2D eigenvalue weighted by Gasteiger charge is -2.20. The third-order valence-electron chi connectivity index (χ3n) is 3.02. The summed E-state index contributed by atoms with van der Waals surface area (Å²) in [6.07, 6.45) is 0.0690. The maximum Gasteiger partial charge on any atom is 0.221 e. The number of carbonyl (C=O) groups is 3. The van der Waals surface area contributed by atoms with Crippen LogP contribution < -0.4 is 5.32 Å². The number of hydrogen-bond donors (Lipinski definition) is 1. The maximum atomic E-state index is 11.9. The maximum absolute atomic E-state index is 11.9. The minimum absolute atomic E-state index is 0. The van der Waals surface area contributed by atoms with Crippen LogP contribution in [0.4, 0.5) is 0 Å². The van der Waals surface area contributed by atoms with Crippen LogP contribution in [0.15, 0.2) is 0 Å². The van der Waals surface area contributed by atoms with Gasteiger partial charge >= 0.3 is 0 Å². The molecule has 0 saturated carbocycles. The first-order valence-electron chi connectivity index (χ1n) is 7.09. The Hall–Kier alpha value is -0.880. The fourth-order valence-corrected chi connectivity index (χ4v) is 1.75. The molecule has 0 aliphatic heterocycles. The summed E-state index contributed by atoms with van der Waals surface area (Å²) >= 11 is 0. The van der Waals surface area contributed by atoms with Crippen molar-refractivity contribution in [3.63, 3.8) is 0 Å². The van der Waals surface area contributed by atoms with E-state index >= 15 is 0 Å². The average Bonchev–Trinajstić information content (AvgIpc) is 2.31. The van der Waals surface area contributed by atoms with Gasteiger partial charge in [-0.15, -0.1) is 0 Å². The van der Waals surface area contributed by atoms with Crippen molar-refractivity contribution in [3.8, 4) is 0 Å². The Bertz CT molecular complexity index is 356. The van der Waals surface area contributed by atoms with Crippen LogP contribution in [0.2, 0.25) is 0 Å². The van der Waals surface area contributed by atoms with Gasteiger partial charge in [0, 0.05) is 12.3 Å². The van der Waals surface area contributed by atoms with Crippen molar-refractivity contribution >= 4 is 31.0 Å². The van der Waals surface area contributed by atoms with Gasteiger partial charge in [0.15, 0.2) is 11.6 Å². The first-order valence-corrected chi connectivity index (χ1v) is 7.09. The Balaban J connectivity index is 0. The Labute approximate surface area is 134 Å². The highest BCUT2D eigenvalue weighted by atomic mass is 32.1. The minimum Gasteiger partial charge on any atom is -0.371 e. The summed E-state index contributed by atoms with van der Waals surface area (Å²) in [6.45, 7) is 10.6. The third kappa shape index (κ3) is 9.63. The average molecular weight is 319 g/mol. The molecule has 0 aromatic rings. The molecule has 0 spiro atoms. The highest BCUT2D eigenvalue weighted by molar-refractivity contribution is 7.59. The molecule has 0 rings (SSSR count).